The van der Waals surface area contributed by atoms with Gasteiger partial charge in [-0.3, -0.25) is 0 Å². The van der Waals surface area contributed by atoms with Gasteiger partial charge in [-0.1, -0.05) is 26.2 Å². The van der Waals surface area contributed by atoms with Gasteiger partial charge in [-0.2, -0.15) is 0 Å². The van der Waals surface area contributed by atoms with Crippen molar-refractivity contribution in [3.05, 3.63) is 0 Å². The van der Waals surface area contributed by atoms with Crippen LogP contribution in [0.4, 0.5) is 4.79 Å². The van der Waals surface area contributed by atoms with Crippen molar-refractivity contribution in [1.82, 2.24) is 5.32 Å². The Morgan fingerprint density at radius 3 is 2.70 bits per heavy atom. The molecule has 2 fully saturated rings. The first-order valence-electron chi connectivity index (χ1n) is 8.60. The Morgan fingerprint density at radius 2 is 2.09 bits per heavy atom. The molecule has 1 amide bonds. The van der Waals surface area contributed by atoms with Crippen LogP contribution in [0.2, 0.25) is 0 Å². The Morgan fingerprint density at radius 1 is 1.39 bits per heavy atom. The SMILES string of the molecule is C#CCCC[C@@H]1C[C@H]1OC(=O)NC(C(=O)O)C1(C)CCCCC1. The van der Waals surface area contributed by atoms with Crippen LogP contribution in [0, 0.1) is 23.7 Å². The number of nitrogens with one attached hydrogen (secondary N) is 1. The van der Waals surface area contributed by atoms with Gasteiger partial charge in [-0.15, -0.1) is 12.3 Å². The van der Waals surface area contributed by atoms with Gasteiger partial charge in [0.1, 0.15) is 12.1 Å². The van der Waals surface area contributed by atoms with E-state index in [1.54, 1.807) is 0 Å². The number of hydrogen-bond donors (Lipinski definition) is 2. The fourth-order valence-electron chi connectivity index (χ4n) is 3.61. The quantitative estimate of drug-likeness (QED) is 0.557. The highest BCUT2D eigenvalue weighted by Gasteiger charge is 2.44. The number of carbonyl (C=O) groups excluding carboxylic acids is 1. The number of aliphatic carboxylic acids is 1. The minimum Gasteiger partial charge on any atom is -0.480 e. The van der Waals surface area contributed by atoms with Crippen LogP contribution in [0.1, 0.15) is 64.7 Å². The van der Waals surface area contributed by atoms with Crippen molar-refractivity contribution in [1.29, 1.82) is 0 Å². The van der Waals surface area contributed by atoms with Crippen molar-refractivity contribution in [2.45, 2.75) is 76.9 Å². The number of alkyl carbamates (subject to hydrolysis) is 1. The monoisotopic (exact) mass is 321 g/mol. The molecule has 0 aromatic rings. The highest BCUT2D eigenvalue weighted by atomic mass is 16.6. The summed E-state index contributed by atoms with van der Waals surface area (Å²) in [6.07, 6.45) is 12.8. The lowest BCUT2D eigenvalue weighted by molar-refractivity contribution is -0.143. The second kappa shape index (κ2) is 7.72. The molecule has 0 aromatic heterocycles. The third-order valence-corrected chi connectivity index (χ3v) is 5.21. The molecule has 2 N–H and O–H groups in total. The van der Waals surface area contributed by atoms with E-state index in [0.717, 1.165) is 57.8 Å². The molecule has 2 aliphatic rings. The zero-order valence-corrected chi connectivity index (χ0v) is 13.8. The van der Waals surface area contributed by atoms with Gasteiger partial charge in [-0.25, -0.2) is 9.59 Å². The predicted octanol–water partition coefficient (Wildman–Crippen LogP) is 3.33. The van der Waals surface area contributed by atoms with Gasteiger partial charge in [0.25, 0.3) is 0 Å². The maximum atomic E-state index is 12.0. The highest BCUT2D eigenvalue weighted by Crippen LogP contribution is 2.40. The molecule has 0 heterocycles. The molecule has 23 heavy (non-hydrogen) atoms. The number of carbonyl (C=O) groups is 2. The summed E-state index contributed by atoms with van der Waals surface area (Å²) in [6.45, 7) is 1.95. The third-order valence-electron chi connectivity index (χ3n) is 5.21. The van der Waals surface area contributed by atoms with Crippen LogP contribution in [-0.4, -0.2) is 29.3 Å². The second-order valence-electron chi connectivity index (χ2n) is 7.17. The van der Waals surface area contributed by atoms with E-state index >= 15 is 0 Å². The molecule has 0 bridgehead atoms. The number of carboxylic acids is 1. The number of amides is 1. The summed E-state index contributed by atoms with van der Waals surface area (Å²) >= 11 is 0. The maximum absolute atomic E-state index is 12.0. The molecule has 128 valence electrons. The summed E-state index contributed by atoms with van der Waals surface area (Å²) in [7, 11) is 0. The summed E-state index contributed by atoms with van der Waals surface area (Å²) < 4.78 is 5.36. The van der Waals surface area contributed by atoms with Crippen molar-refractivity contribution >= 4 is 12.1 Å². The van der Waals surface area contributed by atoms with Crippen molar-refractivity contribution in [2.75, 3.05) is 0 Å². The molecule has 0 aromatic carbocycles. The Hall–Kier alpha value is -1.70. The summed E-state index contributed by atoms with van der Waals surface area (Å²) in [5.41, 5.74) is -0.390. The lowest BCUT2D eigenvalue weighted by Gasteiger charge is -2.38. The molecular weight excluding hydrogens is 294 g/mol. The summed E-state index contributed by atoms with van der Waals surface area (Å²) in [5.74, 6) is 2.00. The minimum absolute atomic E-state index is 0.0821. The van der Waals surface area contributed by atoms with E-state index in [9.17, 15) is 14.7 Å². The molecule has 0 spiro atoms. The fourth-order valence-corrected chi connectivity index (χ4v) is 3.61. The number of hydrogen-bond acceptors (Lipinski definition) is 3. The zero-order chi connectivity index (χ0) is 16.9. The van der Waals surface area contributed by atoms with Gasteiger partial charge >= 0.3 is 12.1 Å². The molecule has 0 radical (unpaired) electrons. The Bertz CT molecular complexity index is 476. The minimum atomic E-state index is -0.979. The van der Waals surface area contributed by atoms with Crippen molar-refractivity contribution in [3.8, 4) is 12.3 Å². The van der Waals surface area contributed by atoms with Gasteiger partial charge in [0.05, 0.1) is 0 Å². The van der Waals surface area contributed by atoms with Gasteiger partial charge < -0.3 is 15.2 Å². The first-order valence-corrected chi connectivity index (χ1v) is 8.60. The van der Waals surface area contributed by atoms with E-state index in [1.807, 2.05) is 6.92 Å². The van der Waals surface area contributed by atoms with E-state index in [1.165, 1.54) is 0 Å². The van der Waals surface area contributed by atoms with Gasteiger partial charge in [0, 0.05) is 6.42 Å². The zero-order valence-electron chi connectivity index (χ0n) is 13.8. The number of ether oxygens (including phenoxy) is 1. The molecule has 2 aliphatic carbocycles. The van der Waals surface area contributed by atoms with Crippen LogP contribution in [0.5, 0.6) is 0 Å². The molecule has 1 unspecified atom stereocenters. The fraction of sp³-hybridized carbons (Fsp3) is 0.778. The van der Waals surface area contributed by atoms with Crippen molar-refractivity contribution < 1.29 is 19.4 Å². The van der Waals surface area contributed by atoms with Crippen LogP contribution in [0.25, 0.3) is 0 Å². The molecule has 0 aliphatic heterocycles. The van der Waals surface area contributed by atoms with E-state index in [4.69, 9.17) is 11.2 Å². The number of carboxylic acid groups (broad SMARTS) is 1. The number of terminal acetylenes is 1. The van der Waals surface area contributed by atoms with Crippen LogP contribution in [0.15, 0.2) is 0 Å². The van der Waals surface area contributed by atoms with Crippen molar-refractivity contribution in [3.63, 3.8) is 0 Å². The normalized spacial score (nSPS) is 26.6. The smallest absolute Gasteiger partial charge is 0.408 e. The van der Waals surface area contributed by atoms with E-state index in [2.05, 4.69) is 11.2 Å². The Balaban J connectivity index is 1.80. The largest absolute Gasteiger partial charge is 0.480 e. The standard InChI is InChI=1S/C18H27NO4/c1-3-4-6-9-13-12-14(13)23-17(22)19-15(16(20)21)18(2)10-7-5-8-11-18/h1,13-15H,4-12H2,2H3,(H,19,22)(H,20,21)/t13-,14-,15?/m1/s1. The average Bonchev–Trinajstić information content (AvgIpc) is 3.23. The Kier molecular flexibility index (Phi) is 5.92. The first-order chi connectivity index (χ1) is 11.0. The van der Waals surface area contributed by atoms with E-state index < -0.39 is 23.5 Å². The molecule has 3 atom stereocenters. The first kappa shape index (κ1) is 17.7. The average molecular weight is 321 g/mol. The van der Waals surface area contributed by atoms with Gasteiger partial charge in [0.2, 0.25) is 0 Å². The van der Waals surface area contributed by atoms with Crippen LogP contribution in [-0.2, 0) is 9.53 Å². The van der Waals surface area contributed by atoms with Gasteiger partial charge in [0.15, 0.2) is 0 Å². The summed E-state index contributed by atoms with van der Waals surface area (Å²) in [4.78, 5) is 23.6. The molecule has 0 saturated heterocycles. The van der Waals surface area contributed by atoms with Crippen LogP contribution < -0.4 is 5.32 Å². The molecule has 2 rings (SSSR count). The number of rotatable bonds is 7. The van der Waals surface area contributed by atoms with Crippen LogP contribution in [0.3, 0.4) is 0 Å². The lowest BCUT2D eigenvalue weighted by Crippen LogP contribution is -2.52. The Labute approximate surface area is 138 Å². The summed E-state index contributed by atoms with van der Waals surface area (Å²) in [5, 5.41) is 12.1. The lowest BCUT2D eigenvalue weighted by atomic mass is 9.70. The molecule has 5 nitrogen and oxygen atoms in total. The summed E-state index contributed by atoms with van der Waals surface area (Å²) in [6, 6.07) is -0.881. The topological polar surface area (TPSA) is 75.6 Å². The van der Waals surface area contributed by atoms with E-state index in [0.29, 0.717) is 5.92 Å². The van der Waals surface area contributed by atoms with E-state index in [-0.39, 0.29) is 6.10 Å². The van der Waals surface area contributed by atoms with Crippen molar-refractivity contribution in [2.24, 2.45) is 11.3 Å². The van der Waals surface area contributed by atoms with Gasteiger partial charge in [-0.05, 0) is 43.4 Å². The molecular formula is C18H27NO4. The number of unbranched alkanes of at least 4 members (excludes halogenated alkanes) is 1. The molecule has 5 heteroatoms. The maximum Gasteiger partial charge on any atom is 0.408 e. The third kappa shape index (κ3) is 4.89. The molecule has 2 saturated carbocycles. The highest BCUT2D eigenvalue weighted by molar-refractivity contribution is 5.81. The predicted molar refractivity (Wildman–Crippen MR) is 86.8 cm³/mol. The second-order valence-corrected chi connectivity index (χ2v) is 7.17. The van der Waals surface area contributed by atoms with Crippen LogP contribution >= 0.6 is 0 Å².